The summed E-state index contributed by atoms with van der Waals surface area (Å²) in [6, 6.07) is 7.58. The largest absolute Gasteiger partial charge is 0.484 e. The van der Waals surface area contributed by atoms with Crippen LogP contribution >= 0.6 is 0 Å². The van der Waals surface area contributed by atoms with Crippen molar-refractivity contribution < 1.29 is 19.1 Å². The molecular formula is C16H24N2O4. The predicted octanol–water partition coefficient (Wildman–Crippen LogP) is 1.76. The molecule has 0 saturated carbocycles. The number of benzene rings is 1. The lowest BCUT2D eigenvalue weighted by Gasteiger charge is -2.10. The lowest BCUT2D eigenvalue weighted by molar-refractivity contribution is -0.130. The predicted molar refractivity (Wildman–Crippen MR) is 83.4 cm³/mol. The first-order chi connectivity index (χ1) is 10.5. The highest BCUT2D eigenvalue weighted by Crippen LogP contribution is 2.18. The minimum atomic E-state index is -0.419. The maximum atomic E-state index is 11.5. The van der Waals surface area contributed by atoms with Gasteiger partial charge in [-0.15, -0.1) is 0 Å². The van der Waals surface area contributed by atoms with Crippen molar-refractivity contribution in [2.45, 2.75) is 33.1 Å². The summed E-state index contributed by atoms with van der Waals surface area (Å²) < 4.78 is 10.4. The SMILES string of the molecule is CCOCCC(=O)NNC(=O)COc1ccc(C(C)C)cc1. The number of hydrogen-bond acceptors (Lipinski definition) is 4. The van der Waals surface area contributed by atoms with E-state index in [0.29, 0.717) is 24.9 Å². The molecule has 1 aromatic rings. The molecule has 0 aromatic heterocycles. The van der Waals surface area contributed by atoms with E-state index >= 15 is 0 Å². The Morgan fingerprint density at radius 2 is 1.73 bits per heavy atom. The summed E-state index contributed by atoms with van der Waals surface area (Å²) in [5.74, 6) is 0.340. The van der Waals surface area contributed by atoms with Crippen molar-refractivity contribution in [2.75, 3.05) is 19.8 Å². The molecule has 0 unspecified atom stereocenters. The quantitative estimate of drug-likeness (QED) is 0.567. The van der Waals surface area contributed by atoms with E-state index in [-0.39, 0.29) is 18.9 Å². The van der Waals surface area contributed by atoms with E-state index in [2.05, 4.69) is 24.7 Å². The summed E-state index contributed by atoms with van der Waals surface area (Å²) in [4.78, 5) is 22.9. The Morgan fingerprint density at radius 1 is 1.09 bits per heavy atom. The summed E-state index contributed by atoms with van der Waals surface area (Å²) >= 11 is 0. The number of amides is 2. The fraction of sp³-hybridized carbons (Fsp3) is 0.500. The fourth-order valence-electron chi connectivity index (χ4n) is 1.65. The topological polar surface area (TPSA) is 76.7 Å². The Balaban J connectivity index is 2.24. The van der Waals surface area contributed by atoms with Crippen LogP contribution in [0, 0.1) is 0 Å². The molecular weight excluding hydrogens is 284 g/mol. The van der Waals surface area contributed by atoms with Crippen LogP contribution < -0.4 is 15.6 Å². The number of nitrogens with one attached hydrogen (secondary N) is 2. The second kappa shape index (κ2) is 9.78. The van der Waals surface area contributed by atoms with Crippen molar-refractivity contribution in [1.82, 2.24) is 10.9 Å². The molecule has 1 rings (SSSR count). The molecule has 1 aromatic carbocycles. The van der Waals surface area contributed by atoms with Gasteiger partial charge in [0.05, 0.1) is 13.0 Å². The molecule has 0 spiro atoms. The van der Waals surface area contributed by atoms with Crippen LogP contribution in [-0.4, -0.2) is 31.6 Å². The third kappa shape index (κ3) is 7.08. The number of ether oxygens (including phenoxy) is 2. The van der Waals surface area contributed by atoms with E-state index in [4.69, 9.17) is 9.47 Å². The van der Waals surface area contributed by atoms with Crippen LogP contribution in [0.2, 0.25) is 0 Å². The van der Waals surface area contributed by atoms with Gasteiger partial charge in [-0.25, -0.2) is 0 Å². The molecule has 0 aliphatic rings. The molecule has 0 bridgehead atoms. The summed E-state index contributed by atoms with van der Waals surface area (Å²) in [7, 11) is 0. The van der Waals surface area contributed by atoms with Crippen LogP contribution in [0.15, 0.2) is 24.3 Å². The number of carbonyl (C=O) groups is 2. The number of hydrazine groups is 1. The van der Waals surface area contributed by atoms with E-state index in [9.17, 15) is 9.59 Å². The zero-order valence-electron chi connectivity index (χ0n) is 13.3. The fourth-order valence-corrected chi connectivity index (χ4v) is 1.65. The van der Waals surface area contributed by atoms with Gasteiger partial charge in [-0.1, -0.05) is 26.0 Å². The third-order valence-electron chi connectivity index (χ3n) is 2.94. The third-order valence-corrected chi connectivity index (χ3v) is 2.94. The summed E-state index contributed by atoms with van der Waals surface area (Å²) in [5.41, 5.74) is 5.80. The van der Waals surface area contributed by atoms with Gasteiger partial charge in [0.1, 0.15) is 5.75 Å². The minimum Gasteiger partial charge on any atom is -0.484 e. The van der Waals surface area contributed by atoms with Crippen molar-refractivity contribution >= 4 is 11.8 Å². The van der Waals surface area contributed by atoms with Crippen molar-refractivity contribution in [2.24, 2.45) is 0 Å². The van der Waals surface area contributed by atoms with Crippen LogP contribution in [0.4, 0.5) is 0 Å². The average Bonchev–Trinajstić information content (AvgIpc) is 2.51. The summed E-state index contributed by atoms with van der Waals surface area (Å²) in [5, 5.41) is 0. The molecule has 0 aliphatic heterocycles. The smallest absolute Gasteiger partial charge is 0.276 e. The first kappa shape index (κ1) is 18.0. The van der Waals surface area contributed by atoms with Gasteiger partial charge in [0.15, 0.2) is 6.61 Å². The number of hydrogen-bond donors (Lipinski definition) is 2. The van der Waals surface area contributed by atoms with E-state index in [1.165, 1.54) is 5.56 Å². The second-order valence-electron chi connectivity index (χ2n) is 5.06. The molecule has 0 aliphatic carbocycles. The van der Waals surface area contributed by atoms with Crippen molar-refractivity contribution in [1.29, 1.82) is 0 Å². The van der Waals surface area contributed by atoms with Crippen LogP contribution in [-0.2, 0) is 14.3 Å². The van der Waals surface area contributed by atoms with Gasteiger partial charge < -0.3 is 9.47 Å². The van der Waals surface area contributed by atoms with Gasteiger partial charge in [0.2, 0.25) is 5.91 Å². The van der Waals surface area contributed by atoms with Crippen molar-refractivity contribution in [3.63, 3.8) is 0 Å². The molecule has 122 valence electrons. The monoisotopic (exact) mass is 308 g/mol. The van der Waals surface area contributed by atoms with Gasteiger partial charge in [-0.05, 0) is 30.5 Å². The molecule has 22 heavy (non-hydrogen) atoms. The first-order valence-corrected chi connectivity index (χ1v) is 7.41. The molecule has 6 heteroatoms. The van der Waals surface area contributed by atoms with E-state index in [0.717, 1.165) is 0 Å². The Morgan fingerprint density at radius 3 is 2.32 bits per heavy atom. The Bertz CT molecular complexity index is 472. The standard InChI is InChI=1S/C16H24N2O4/c1-4-21-10-9-15(19)17-18-16(20)11-22-14-7-5-13(6-8-14)12(2)3/h5-8,12H,4,9-11H2,1-3H3,(H,17,19)(H,18,20). The molecule has 2 N–H and O–H groups in total. The maximum absolute atomic E-state index is 11.5. The Hall–Kier alpha value is -2.08. The first-order valence-electron chi connectivity index (χ1n) is 7.41. The van der Waals surface area contributed by atoms with Gasteiger partial charge in [-0.3, -0.25) is 20.4 Å². The normalized spacial score (nSPS) is 10.4. The van der Waals surface area contributed by atoms with Crippen molar-refractivity contribution in [3.05, 3.63) is 29.8 Å². The molecule has 2 amide bonds. The maximum Gasteiger partial charge on any atom is 0.276 e. The number of carbonyl (C=O) groups excluding carboxylic acids is 2. The van der Waals surface area contributed by atoms with E-state index < -0.39 is 5.91 Å². The zero-order chi connectivity index (χ0) is 16.4. The number of rotatable bonds is 8. The van der Waals surface area contributed by atoms with Gasteiger partial charge >= 0.3 is 0 Å². The Labute approximate surface area is 131 Å². The molecule has 0 fully saturated rings. The second-order valence-corrected chi connectivity index (χ2v) is 5.06. The van der Waals surface area contributed by atoms with Crippen LogP contribution in [0.5, 0.6) is 5.75 Å². The molecule has 0 radical (unpaired) electrons. The molecule has 0 atom stereocenters. The minimum absolute atomic E-state index is 0.160. The van der Waals surface area contributed by atoms with Gasteiger partial charge in [0, 0.05) is 6.61 Å². The van der Waals surface area contributed by atoms with Gasteiger partial charge in [-0.2, -0.15) is 0 Å². The van der Waals surface area contributed by atoms with Crippen molar-refractivity contribution in [3.8, 4) is 5.75 Å². The lowest BCUT2D eigenvalue weighted by Crippen LogP contribution is -2.44. The molecule has 6 nitrogen and oxygen atoms in total. The summed E-state index contributed by atoms with van der Waals surface area (Å²) in [6.07, 6.45) is 0.200. The molecule has 0 heterocycles. The van der Waals surface area contributed by atoms with E-state index in [1.807, 2.05) is 31.2 Å². The van der Waals surface area contributed by atoms with Crippen LogP contribution in [0.25, 0.3) is 0 Å². The lowest BCUT2D eigenvalue weighted by atomic mass is 10.0. The van der Waals surface area contributed by atoms with E-state index in [1.54, 1.807) is 0 Å². The zero-order valence-corrected chi connectivity index (χ0v) is 13.3. The Kier molecular flexibility index (Phi) is 7.99. The molecule has 0 saturated heterocycles. The van der Waals surface area contributed by atoms with Gasteiger partial charge in [0.25, 0.3) is 5.91 Å². The summed E-state index contributed by atoms with van der Waals surface area (Å²) in [6.45, 7) is 6.80. The van der Waals surface area contributed by atoms with Crippen LogP contribution in [0.3, 0.4) is 0 Å². The highest BCUT2D eigenvalue weighted by atomic mass is 16.5. The average molecular weight is 308 g/mol. The highest BCUT2D eigenvalue weighted by molar-refractivity contribution is 5.82. The van der Waals surface area contributed by atoms with Crippen LogP contribution in [0.1, 0.15) is 38.7 Å². The highest BCUT2D eigenvalue weighted by Gasteiger charge is 2.06.